The number of hydrogen-bond acceptors (Lipinski definition) is 7. The van der Waals surface area contributed by atoms with Gasteiger partial charge in [-0.2, -0.15) is 9.47 Å². The van der Waals surface area contributed by atoms with Crippen LogP contribution in [0.4, 0.5) is 5.00 Å². The fourth-order valence-corrected chi connectivity index (χ4v) is 2.32. The molecule has 0 unspecified atom stereocenters. The van der Waals surface area contributed by atoms with Crippen molar-refractivity contribution in [3.05, 3.63) is 21.9 Å². The van der Waals surface area contributed by atoms with Crippen molar-refractivity contribution in [1.29, 1.82) is 0 Å². The van der Waals surface area contributed by atoms with E-state index in [9.17, 15) is 4.79 Å². The zero-order valence-electron chi connectivity index (χ0n) is 10.2. The minimum atomic E-state index is -0.566. The Bertz CT molecular complexity index is 590. The molecule has 0 atom stereocenters. The highest BCUT2D eigenvalue weighted by Gasteiger charge is 2.21. The van der Waals surface area contributed by atoms with Gasteiger partial charge in [0.25, 0.3) is 0 Å². The maximum absolute atomic E-state index is 11.5. The van der Waals surface area contributed by atoms with Crippen LogP contribution in [0.15, 0.2) is 10.7 Å². The maximum atomic E-state index is 11.5. The molecule has 2 aromatic rings. The molecule has 2 heterocycles. The average molecular weight is 347 g/mol. The summed E-state index contributed by atoms with van der Waals surface area (Å²) in [6.45, 7) is 0.187. The van der Waals surface area contributed by atoms with Gasteiger partial charge < -0.3 is 15.2 Å². The standard InChI is InChI=1S/C10H11BrN4O3S/c1-15-6(11)3-5(13-15)4-18-9-7(10(16)17-2)8(12)19-14-9/h3H,4,12H2,1-2H3. The predicted octanol–water partition coefficient (Wildman–Crippen LogP) is 1.59. The minimum Gasteiger partial charge on any atom is -0.470 e. The van der Waals surface area contributed by atoms with Crippen molar-refractivity contribution < 1.29 is 14.3 Å². The van der Waals surface area contributed by atoms with Crippen LogP contribution in [0.1, 0.15) is 16.1 Å². The number of nitrogens with two attached hydrogens (primary N) is 1. The van der Waals surface area contributed by atoms with Crippen molar-refractivity contribution >= 4 is 38.4 Å². The summed E-state index contributed by atoms with van der Waals surface area (Å²) in [4.78, 5) is 11.5. The van der Waals surface area contributed by atoms with Gasteiger partial charge in [-0.05, 0) is 33.5 Å². The molecule has 0 spiro atoms. The van der Waals surface area contributed by atoms with Crippen LogP contribution in [0.5, 0.6) is 5.88 Å². The Kier molecular flexibility index (Phi) is 4.05. The summed E-state index contributed by atoms with van der Waals surface area (Å²) in [7, 11) is 3.08. The lowest BCUT2D eigenvalue weighted by atomic mass is 10.3. The zero-order valence-corrected chi connectivity index (χ0v) is 12.6. The Morgan fingerprint density at radius 1 is 1.63 bits per heavy atom. The van der Waals surface area contributed by atoms with Gasteiger partial charge in [-0.1, -0.05) is 0 Å². The fourth-order valence-electron chi connectivity index (χ4n) is 1.39. The number of aromatic nitrogens is 3. The van der Waals surface area contributed by atoms with E-state index in [0.717, 1.165) is 16.1 Å². The number of halogens is 1. The summed E-state index contributed by atoms with van der Waals surface area (Å²) >= 11 is 4.32. The smallest absolute Gasteiger partial charge is 0.346 e. The highest BCUT2D eigenvalue weighted by atomic mass is 79.9. The average Bonchev–Trinajstić information content (AvgIpc) is 2.90. The van der Waals surface area contributed by atoms with Crippen molar-refractivity contribution in [2.24, 2.45) is 7.05 Å². The Morgan fingerprint density at radius 2 is 2.37 bits per heavy atom. The summed E-state index contributed by atoms with van der Waals surface area (Å²) < 4.78 is 16.6. The van der Waals surface area contributed by atoms with Gasteiger partial charge in [-0.25, -0.2) is 4.79 Å². The Labute approximate surface area is 121 Å². The minimum absolute atomic E-state index is 0.155. The molecule has 0 fully saturated rings. The molecule has 2 rings (SSSR count). The quantitative estimate of drug-likeness (QED) is 0.845. The fraction of sp³-hybridized carbons (Fsp3) is 0.300. The molecule has 0 saturated heterocycles. The Balaban J connectivity index is 2.13. The van der Waals surface area contributed by atoms with E-state index >= 15 is 0 Å². The molecule has 0 amide bonds. The second-order valence-corrected chi connectivity index (χ2v) is 5.21. The number of esters is 1. The first-order valence-corrected chi connectivity index (χ1v) is 6.74. The third kappa shape index (κ3) is 2.87. The highest BCUT2D eigenvalue weighted by molar-refractivity contribution is 9.10. The van der Waals surface area contributed by atoms with Gasteiger partial charge in [0.2, 0.25) is 5.88 Å². The molecule has 102 valence electrons. The largest absolute Gasteiger partial charge is 0.470 e. The molecule has 0 aromatic carbocycles. The summed E-state index contributed by atoms with van der Waals surface area (Å²) in [5, 5.41) is 4.47. The highest BCUT2D eigenvalue weighted by Crippen LogP contribution is 2.29. The number of anilines is 1. The van der Waals surface area contributed by atoms with Crippen LogP contribution in [0, 0.1) is 0 Å². The van der Waals surface area contributed by atoms with Gasteiger partial charge >= 0.3 is 5.97 Å². The normalized spacial score (nSPS) is 10.5. The number of nitrogens with zero attached hydrogens (tertiary/aromatic N) is 3. The molecule has 2 aromatic heterocycles. The van der Waals surface area contributed by atoms with Crippen molar-refractivity contribution in [1.82, 2.24) is 14.2 Å². The predicted molar refractivity (Wildman–Crippen MR) is 73.1 cm³/mol. The van der Waals surface area contributed by atoms with Crippen LogP contribution < -0.4 is 10.5 Å². The molecule has 0 aliphatic rings. The first-order valence-electron chi connectivity index (χ1n) is 5.17. The maximum Gasteiger partial charge on any atom is 0.346 e. The molecule has 0 radical (unpaired) electrons. The van der Waals surface area contributed by atoms with Crippen LogP contribution in [-0.2, 0) is 18.4 Å². The molecule has 2 N–H and O–H groups in total. The van der Waals surface area contributed by atoms with Crippen LogP contribution in [0.25, 0.3) is 0 Å². The van der Waals surface area contributed by atoms with Crippen molar-refractivity contribution in [3.63, 3.8) is 0 Å². The van der Waals surface area contributed by atoms with E-state index in [4.69, 9.17) is 10.5 Å². The molecular formula is C10H11BrN4O3S. The van der Waals surface area contributed by atoms with Gasteiger partial charge in [-0.15, -0.1) is 0 Å². The number of nitrogen functional groups attached to an aromatic ring is 1. The molecule has 0 aliphatic carbocycles. The number of carbonyl (C=O) groups excluding carboxylic acids is 1. The van der Waals surface area contributed by atoms with Crippen LogP contribution in [0.2, 0.25) is 0 Å². The van der Waals surface area contributed by atoms with Gasteiger partial charge in [0.15, 0.2) is 5.56 Å². The number of aryl methyl sites for hydroxylation is 1. The van der Waals surface area contributed by atoms with E-state index in [-0.39, 0.29) is 23.1 Å². The molecule has 0 bridgehead atoms. The summed E-state index contributed by atoms with van der Waals surface area (Å²) in [5.74, 6) is -0.403. The van der Waals surface area contributed by atoms with E-state index in [1.807, 2.05) is 6.07 Å². The summed E-state index contributed by atoms with van der Waals surface area (Å²) in [5.41, 5.74) is 6.52. The second kappa shape index (κ2) is 5.57. The van der Waals surface area contributed by atoms with Crippen molar-refractivity contribution in [2.45, 2.75) is 6.61 Å². The second-order valence-electron chi connectivity index (χ2n) is 3.59. The SMILES string of the molecule is COC(=O)c1c(OCc2cc(Br)n(C)n2)nsc1N. The molecule has 7 nitrogen and oxygen atoms in total. The van der Waals surface area contributed by atoms with E-state index in [2.05, 4.69) is 30.1 Å². The van der Waals surface area contributed by atoms with Gasteiger partial charge in [-0.3, -0.25) is 4.68 Å². The Hall–Kier alpha value is -1.61. The summed E-state index contributed by atoms with van der Waals surface area (Å²) in [6, 6.07) is 1.81. The lowest BCUT2D eigenvalue weighted by molar-refractivity contribution is 0.0596. The molecular weight excluding hydrogens is 336 g/mol. The molecule has 19 heavy (non-hydrogen) atoms. The van der Waals surface area contributed by atoms with E-state index < -0.39 is 5.97 Å². The number of carbonyl (C=O) groups is 1. The van der Waals surface area contributed by atoms with Gasteiger partial charge in [0.05, 0.1) is 7.11 Å². The monoisotopic (exact) mass is 346 g/mol. The lowest BCUT2D eigenvalue weighted by Gasteiger charge is -2.03. The van der Waals surface area contributed by atoms with E-state index in [0.29, 0.717) is 5.69 Å². The van der Waals surface area contributed by atoms with E-state index in [1.165, 1.54) is 7.11 Å². The number of ether oxygens (including phenoxy) is 2. The van der Waals surface area contributed by atoms with Crippen molar-refractivity contribution in [2.75, 3.05) is 12.8 Å². The molecule has 0 aliphatic heterocycles. The van der Waals surface area contributed by atoms with E-state index in [1.54, 1.807) is 11.7 Å². The van der Waals surface area contributed by atoms with Crippen LogP contribution in [-0.4, -0.2) is 27.2 Å². The number of hydrogen-bond donors (Lipinski definition) is 1. The van der Waals surface area contributed by atoms with Gasteiger partial charge in [0, 0.05) is 7.05 Å². The first kappa shape index (κ1) is 13.8. The number of rotatable bonds is 4. The zero-order chi connectivity index (χ0) is 14.0. The first-order chi connectivity index (χ1) is 9.02. The van der Waals surface area contributed by atoms with Crippen molar-refractivity contribution in [3.8, 4) is 5.88 Å². The Morgan fingerprint density at radius 3 is 2.95 bits per heavy atom. The van der Waals surface area contributed by atoms with Crippen LogP contribution in [0.3, 0.4) is 0 Å². The molecule has 9 heteroatoms. The third-order valence-electron chi connectivity index (χ3n) is 2.31. The van der Waals surface area contributed by atoms with Crippen LogP contribution >= 0.6 is 27.5 Å². The van der Waals surface area contributed by atoms with Gasteiger partial charge in [0.1, 0.15) is 21.9 Å². The number of methoxy groups -OCH3 is 1. The topological polar surface area (TPSA) is 92.3 Å². The third-order valence-corrected chi connectivity index (χ3v) is 3.71. The lowest BCUT2D eigenvalue weighted by Crippen LogP contribution is -2.07. The molecule has 0 saturated carbocycles. The summed E-state index contributed by atoms with van der Waals surface area (Å²) in [6.07, 6.45) is 0.